The van der Waals surface area contributed by atoms with Crippen molar-refractivity contribution in [2.75, 3.05) is 34.0 Å². The number of carbonyl (C=O) groups is 2. The van der Waals surface area contributed by atoms with Crippen molar-refractivity contribution in [2.45, 2.75) is 13.7 Å². The summed E-state index contributed by atoms with van der Waals surface area (Å²) in [5, 5.41) is 2.86. The van der Waals surface area contributed by atoms with Gasteiger partial charge in [-0.1, -0.05) is 0 Å². The minimum atomic E-state index is -0.422. The third kappa shape index (κ3) is 5.88. The molecule has 1 N–H and O–H groups in total. The lowest BCUT2D eigenvalue weighted by Gasteiger charge is -2.15. The number of hydrogen-bond donors (Lipinski definition) is 1. The van der Waals surface area contributed by atoms with E-state index in [4.69, 9.17) is 9.47 Å². The number of likely N-dealkylation sites (N-methyl/N-ethyl adjacent to an activating group) is 1. The molecule has 1 aromatic heterocycles. The Morgan fingerprint density at radius 2 is 2.19 bits per heavy atom. The molecule has 0 aliphatic rings. The van der Waals surface area contributed by atoms with Crippen LogP contribution in [0.25, 0.3) is 0 Å². The highest BCUT2D eigenvalue weighted by Gasteiger charge is 2.18. The molecule has 21 heavy (non-hydrogen) atoms. The number of rotatable bonds is 8. The molecule has 1 aromatic rings. The van der Waals surface area contributed by atoms with Gasteiger partial charge in [0, 0.05) is 13.1 Å². The molecule has 1 heterocycles. The number of amides is 1. The monoisotopic (exact) mass is 296 g/mol. The molecule has 0 bridgehead atoms. The summed E-state index contributed by atoms with van der Waals surface area (Å²) in [5.74, 6) is -0.666. The van der Waals surface area contributed by atoms with Gasteiger partial charge in [-0.05, 0) is 20.0 Å². The molecule has 0 unspecified atom stereocenters. The molecule has 7 heteroatoms. The van der Waals surface area contributed by atoms with Crippen LogP contribution < -0.4 is 9.88 Å². The van der Waals surface area contributed by atoms with Crippen molar-refractivity contribution in [1.82, 2.24) is 10.2 Å². The van der Waals surface area contributed by atoms with E-state index >= 15 is 0 Å². The number of ether oxygens (including phenoxy) is 2. The highest BCUT2D eigenvalue weighted by atomic mass is 16.5. The minimum absolute atomic E-state index is 0.0716. The molecule has 1 rings (SSSR count). The number of carbonyl (C=O) groups excluding carboxylic acids is 2. The summed E-state index contributed by atoms with van der Waals surface area (Å²) in [5.41, 5.74) is 0.484. The molecule has 0 radical (unpaired) electrons. The maximum absolute atomic E-state index is 12.2. The number of nitrogens with one attached hydrogen (secondary N) is 1. The summed E-state index contributed by atoms with van der Waals surface area (Å²) in [6.45, 7) is 2.72. The van der Waals surface area contributed by atoms with E-state index in [0.29, 0.717) is 25.6 Å². The summed E-state index contributed by atoms with van der Waals surface area (Å²) in [6, 6.07) is 3.45. The van der Waals surface area contributed by atoms with Crippen LogP contribution in [0.15, 0.2) is 24.5 Å². The van der Waals surface area contributed by atoms with Gasteiger partial charge in [0.2, 0.25) is 0 Å². The highest BCUT2D eigenvalue weighted by Crippen LogP contribution is 2.01. The molecule has 1 amide bonds. The first-order valence-electron chi connectivity index (χ1n) is 6.71. The molecule has 0 saturated carbocycles. The van der Waals surface area contributed by atoms with Crippen LogP contribution in [0.5, 0.6) is 0 Å². The summed E-state index contributed by atoms with van der Waals surface area (Å²) in [7, 11) is 3.35. The molecule has 116 valence electrons. The van der Waals surface area contributed by atoms with Crippen LogP contribution in [0.1, 0.15) is 17.3 Å². The van der Waals surface area contributed by atoms with Crippen molar-refractivity contribution in [3.8, 4) is 0 Å². The molecule has 0 saturated heterocycles. The molecule has 0 spiro atoms. The summed E-state index contributed by atoms with van der Waals surface area (Å²) < 4.78 is 11.9. The van der Waals surface area contributed by atoms with E-state index in [0.717, 1.165) is 0 Å². The van der Waals surface area contributed by atoms with Crippen LogP contribution in [0, 0.1) is 0 Å². The molecule has 0 aliphatic carbocycles. The van der Waals surface area contributed by atoms with Crippen molar-refractivity contribution < 1.29 is 23.6 Å². The number of pyridine rings is 1. The molecule has 0 aromatic carbocycles. The van der Waals surface area contributed by atoms with Crippen LogP contribution in [0.4, 0.5) is 0 Å². The van der Waals surface area contributed by atoms with Crippen LogP contribution >= 0.6 is 0 Å². The average Bonchev–Trinajstić information content (AvgIpc) is 2.47. The highest BCUT2D eigenvalue weighted by molar-refractivity contribution is 5.95. The lowest BCUT2D eigenvalue weighted by molar-refractivity contribution is -0.733. The van der Waals surface area contributed by atoms with Crippen LogP contribution in [0.2, 0.25) is 0 Å². The van der Waals surface area contributed by atoms with Gasteiger partial charge in [0.05, 0.1) is 6.61 Å². The van der Waals surface area contributed by atoms with Crippen molar-refractivity contribution in [3.63, 3.8) is 0 Å². The molecule has 0 aliphatic heterocycles. The largest absolute Gasteiger partial charge is 0.465 e. The lowest BCUT2D eigenvalue weighted by Crippen LogP contribution is -2.38. The third-order valence-corrected chi connectivity index (χ3v) is 2.61. The molecule has 0 atom stereocenters. The number of hydrogen-bond acceptors (Lipinski definition) is 5. The van der Waals surface area contributed by atoms with Crippen molar-refractivity contribution >= 4 is 11.9 Å². The Hall–Kier alpha value is -1.99. The number of esters is 1. The van der Waals surface area contributed by atoms with Gasteiger partial charge in [-0.15, -0.1) is 0 Å². The maximum atomic E-state index is 12.2. The number of nitrogens with zero attached hydrogens (tertiary/aromatic N) is 2. The van der Waals surface area contributed by atoms with Crippen LogP contribution in [0.3, 0.4) is 0 Å². The molecule has 7 nitrogen and oxygen atoms in total. The first-order valence-corrected chi connectivity index (χ1v) is 6.71. The second-order valence-electron chi connectivity index (χ2n) is 4.40. The Morgan fingerprint density at radius 3 is 2.86 bits per heavy atom. The number of aromatic nitrogens is 1. The van der Waals surface area contributed by atoms with Crippen LogP contribution in [-0.2, 0) is 21.0 Å². The van der Waals surface area contributed by atoms with Gasteiger partial charge >= 0.3 is 5.97 Å². The second-order valence-corrected chi connectivity index (χ2v) is 4.40. The second kappa shape index (κ2) is 9.04. The van der Waals surface area contributed by atoms with Gasteiger partial charge < -0.3 is 14.4 Å². The Morgan fingerprint density at radius 1 is 1.43 bits per heavy atom. The van der Waals surface area contributed by atoms with Crippen molar-refractivity contribution in [2.24, 2.45) is 0 Å². The molecular formula is C14H22N3O4+. The lowest BCUT2D eigenvalue weighted by atomic mass is 10.2. The minimum Gasteiger partial charge on any atom is -0.465 e. The van der Waals surface area contributed by atoms with E-state index in [1.54, 1.807) is 50.1 Å². The Kier molecular flexibility index (Phi) is 7.34. The zero-order valence-corrected chi connectivity index (χ0v) is 12.7. The fourth-order valence-electron chi connectivity index (χ4n) is 1.67. The Balaban J connectivity index is 2.64. The quantitative estimate of drug-likeness (QED) is 0.310. The van der Waals surface area contributed by atoms with Crippen LogP contribution in [-0.4, -0.2) is 50.8 Å². The Bertz CT molecular complexity index is 479. The summed E-state index contributed by atoms with van der Waals surface area (Å²) >= 11 is 0. The van der Waals surface area contributed by atoms with Crippen molar-refractivity contribution in [3.05, 3.63) is 30.1 Å². The summed E-state index contributed by atoms with van der Waals surface area (Å²) in [6.07, 6.45) is 3.48. The fourth-order valence-corrected chi connectivity index (χ4v) is 1.67. The first-order chi connectivity index (χ1) is 10.1. The van der Waals surface area contributed by atoms with E-state index in [1.165, 1.54) is 4.90 Å². The standard InChI is InChI=1S/C14H22N3O4/c1-4-21-13(18)9-16(3)14(19)12-6-5-7-17(8-12)11-20-10-15-2/h5-8,15H,4,9-11H2,1-3H3/q+1. The zero-order chi connectivity index (χ0) is 15.7. The zero-order valence-electron chi connectivity index (χ0n) is 12.7. The van der Waals surface area contributed by atoms with E-state index in [9.17, 15) is 9.59 Å². The maximum Gasteiger partial charge on any atom is 0.325 e. The van der Waals surface area contributed by atoms with E-state index in [-0.39, 0.29) is 12.5 Å². The normalized spacial score (nSPS) is 10.2. The van der Waals surface area contributed by atoms with E-state index < -0.39 is 5.97 Å². The average molecular weight is 296 g/mol. The summed E-state index contributed by atoms with van der Waals surface area (Å²) in [4.78, 5) is 24.9. The van der Waals surface area contributed by atoms with Gasteiger partial charge in [-0.25, -0.2) is 0 Å². The molecule has 0 fully saturated rings. The van der Waals surface area contributed by atoms with Gasteiger partial charge in [0.1, 0.15) is 18.8 Å². The third-order valence-electron chi connectivity index (χ3n) is 2.61. The SMILES string of the molecule is CCOC(=O)CN(C)C(=O)c1ccc[n+](COCNC)c1. The van der Waals surface area contributed by atoms with E-state index in [2.05, 4.69) is 5.32 Å². The van der Waals surface area contributed by atoms with Gasteiger partial charge in [-0.3, -0.25) is 14.9 Å². The predicted octanol–water partition coefficient (Wildman–Crippen LogP) is -0.240. The van der Waals surface area contributed by atoms with Gasteiger partial charge in [0.25, 0.3) is 12.6 Å². The van der Waals surface area contributed by atoms with E-state index in [1.807, 2.05) is 0 Å². The smallest absolute Gasteiger partial charge is 0.325 e. The first kappa shape index (κ1) is 17.1. The Labute approximate surface area is 124 Å². The van der Waals surface area contributed by atoms with Crippen molar-refractivity contribution in [1.29, 1.82) is 0 Å². The predicted molar refractivity (Wildman–Crippen MR) is 75.2 cm³/mol. The van der Waals surface area contributed by atoms with Gasteiger partial charge in [0.15, 0.2) is 12.4 Å². The van der Waals surface area contributed by atoms with Gasteiger partial charge in [-0.2, -0.15) is 4.57 Å². The molecular weight excluding hydrogens is 274 g/mol. The topological polar surface area (TPSA) is 71.8 Å². The fraction of sp³-hybridized carbons (Fsp3) is 0.500.